The molecule has 0 unspecified atom stereocenters. The maximum Gasteiger partial charge on any atom is 0.226 e. The molecule has 5 nitrogen and oxygen atoms in total. The van der Waals surface area contributed by atoms with Crippen LogP contribution >= 0.6 is 12.4 Å². The molecule has 1 aliphatic heterocycles. The first-order valence-corrected chi connectivity index (χ1v) is 6.53. The predicted molar refractivity (Wildman–Crippen MR) is 72.9 cm³/mol. The van der Waals surface area contributed by atoms with Crippen LogP contribution in [0.3, 0.4) is 0 Å². The van der Waals surface area contributed by atoms with E-state index in [0.717, 1.165) is 44.2 Å². The molecule has 0 aliphatic carbocycles. The molecule has 104 valence electrons. The molecule has 2 rings (SSSR count). The van der Waals surface area contributed by atoms with Gasteiger partial charge >= 0.3 is 0 Å². The van der Waals surface area contributed by atoms with Gasteiger partial charge in [0.1, 0.15) is 0 Å². The highest BCUT2D eigenvalue weighted by Crippen LogP contribution is 2.12. The van der Waals surface area contributed by atoms with Crippen molar-refractivity contribution in [2.75, 3.05) is 20.1 Å². The normalized spacial score (nSPS) is 17.7. The molecular formula is C12H23ClN4O. The van der Waals surface area contributed by atoms with Crippen molar-refractivity contribution < 1.29 is 4.52 Å². The zero-order chi connectivity index (χ0) is 12.1. The average Bonchev–Trinajstić information content (AvgIpc) is 2.78. The maximum atomic E-state index is 5.19. The summed E-state index contributed by atoms with van der Waals surface area (Å²) in [6, 6.07) is 0.673. The van der Waals surface area contributed by atoms with Gasteiger partial charge in [0.05, 0.1) is 6.54 Å². The lowest BCUT2D eigenvalue weighted by Gasteiger charge is -2.30. The molecule has 6 heteroatoms. The first-order valence-electron chi connectivity index (χ1n) is 6.53. The monoisotopic (exact) mass is 274 g/mol. The van der Waals surface area contributed by atoms with E-state index in [4.69, 9.17) is 4.52 Å². The van der Waals surface area contributed by atoms with Crippen LogP contribution in [-0.2, 0) is 13.0 Å². The van der Waals surface area contributed by atoms with Gasteiger partial charge in [-0.25, -0.2) is 0 Å². The summed E-state index contributed by atoms with van der Waals surface area (Å²) >= 11 is 0. The number of nitrogens with zero attached hydrogens (tertiary/aromatic N) is 3. The average molecular weight is 275 g/mol. The van der Waals surface area contributed by atoms with E-state index in [1.54, 1.807) is 0 Å². The zero-order valence-corrected chi connectivity index (χ0v) is 12.0. The van der Waals surface area contributed by atoms with Crippen LogP contribution in [0.25, 0.3) is 0 Å². The molecule has 0 amide bonds. The van der Waals surface area contributed by atoms with Crippen LogP contribution in [-0.4, -0.2) is 41.2 Å². The Balaban J connectivity index is 0.00000162. The number of aromatic nitrogens is 2. The van der Waals surface area contributed by atoms with Crippen molar-refractivity contribution in [2.45, 2.75) is 45.2 Å². The molecule has 1 aliphatic rings. The van der Waals surface area contributed by atoms with Crippen LogP contribution in [0.2, 0.25) is 0 Å². The summed E-state index contributed by atoms with van der Waals surface area (Å²) in [5, 5.41) is 7.36. The first-order chi connectivity index (χ1) is 8.31. The molecule has 2 heterocycles. The Labute approximate surface area is 115 Å². The third-order valence-corrected chi connectivity index (χ3v) is 3.33. The fraction of sp³-hybridized carbons (Fsp3) is 0.833. The molecule has 18 heavy (non-hydrogen) atoms. The number of hydrogen-bond acceptors (Lipinski definition) is 5. The molecular weight excluding hydrogens is 252 g/mol. The van der Waals surface area contributed by atoms with E-state index in [1.165, 1.54) is 12.8 Å². The summed E-state index contributed by atoms with van der Waals surface area (Å²) in [6.07, 6.45) is 4.34. The van der Waals surface area contributed by atoms with Crippen LogP contribution in [0, 0.1) is 0 Å². The second kappa shape index (κ2) is 7.71. The Morgan fingerprint density at radius 2 is 2.11 bits per heavy atom. The number of rotatable bonds is 5. The fourth-order valence-corrected chi connectivity index (χ4v) is 2.25. The van der Waals surface area contributed by atoms with E-state index >= 15 is 0 Å². The molecule has 0 bridgehead atoms. The SMILES string of the molecule is CCCc1nc(CN2CCC(NC)CC2)no1.Cl. The lowest BCUT2D eigenvalue weighted by Crippen LogP contribution is -2.40. The molecule has 0 radical (unpaired) electrons. The van der Waals surface area contributed by atoms with Gasteiger partial charge in [0.2, 0.25) is 5.89 Å². The van der Waals surface area contributed by atoms with Gasteiger partial charge in [0.25, 0.3) is 0 Å². The van der Waals surface area contributed by atoms with Crippen LogP contribution in [0.15, 0.2) is 4.52 Å². The quantitative estimate of drug-likeness (QED) is 0.884. The minimum Gasteiger partial charge on any atom is -0.339 e. The second-order valence-electron chi connectivity index (χ2n) is 4.69. The molecule has 1 fully saturated rings. The molecule has 0 atom stereocenters. The Morgan fingerprint density at radius 1 is 1.39 bits per heavy atom. The molecule has 1 saturated heterocycles. The second-order valence-corrected chi connectivity index (χ2v) is 4.69. The van der Waals surface area contributed by atoms with Crippen LogP contribution in [0.4, 0.5) is 0 Å². The largest absolute Gasteiger partial charge is 0.339 e. The molecule has 1 N–H and O–H groups in total. The summed E-state index contributed by atoms with van der Waals surface area (Å²) in [6.45, 7) is 5.17. The summed E-state index contributed by atoms with van der Waals surface area (Å²) in [7, 11) is 2.04. The van der Waals surface area contributed by atoms with Crippen molar-refractivity contribution in [1.29, 1.82) is 0 Å². The Bertz CT molecular complexity index is 337. The molecule has 1 aromatic rings. The van der Waals surface area contributed by atoms with Gasteiger partial charge in [-0.2, -0.15) is 4.98 Å². The zero-order valence-electron chi connectivity index (χ0n) is 11.2. The van der Waals surface area contributed by atoms with E-state index in [1.807, 2.05) is 7.05 Å². The van der Waals surface area contributed by atoms with Gasteiger partial charge in [0.15, 0.2) is 5.82 Å². The van der Waals surface area contributed by atoms with Gasteiger partial charge < -0.3 is 9.84 Å². The fourth-order valence-electron chi connectivity index (χ4n) is 2.25. The van der Waals surface area contributed by atoms with Gasteiger partial charge in [-0.05, 0) is 26.3 Å². The summed E-state index contributed by atoms with van der Waals surface area (Å²) in [5.41, 5.74) is 0. The molecule has 0 spiro atoms. The minimum atomic E-state index is 0. The number of likely N-dealkylation sites (tertiary alicyclic amines) is 1. The lowest BCUT2D eigenvalue weighted by molar-refractivity contribution is 0.188. The van der Waals surface area contributed by atoms with E-state index in [-0.39, 0.29) is 12.4 Å². The van der Waals surface area contributed by atoms with E-state index in [0.29, 0.717) is 6.04 Å². The first kappa shape index (κ1) is 15.4. The van der Waals surface area contributed by atoms with Crippen LogP contribution < -0.4 is 5.32 Å². The highest BCUT2D eigenvalue weighted by atomic mass is 35.5. The van der Waals surface area contributed by atoms with Crippen molar-refractivity contribution in [3.63, 3.8) is 0 Å². The number of halogens is 1. The molecule has 0 saturated carbocycles. The van der Waals surface area contributed by atoms with Crippen LogP contribution in [0.1, 0.15) is 37.9 Å². The summed E-state index contributed by atoms with van der Waals surface area (Å²) in [5.74, 6) is 1.60. The number of hydrogen-bond donors (Lipinski definition) is 1. The van der Waals surface area contributed by atoms with Gasteiger partial charge in [-0.3, -0.25) is 4.90 Å². The van der Waals surface area contributed by atoms with Gasteiger partial charge in [-0.1, -0.05) is 12.1 Å². The van der Waals surface area contributed by atoms with Crippen molar-refractivity contribution in [1.82, 2.24) is 20.4 Å². The Kier molecular flexibility index (Phi) is 6.60. The standard InChI is InChI=1S/C12H22N4O.ClH/c1-3-4-12-14-11(15-17-12)9-16-7-5-10(13-2)6-8-16;/h10,13H,3-9H2,1-2H3;1H. The number of nitrogens with one attached hydrogen (secondary N) is 1. The Hall–Kier alpha value is -0.650. The predicted octanol–water partition coefficient (Wildman–Crippen LogP) is 1.63. The minimum absolute atomic E-state index is 0. The molecule has 1 aromatic heterocycles. The van der Waals surface area contributed by atoms with Gasteiger partial charge in [0, 0.05) is 25.6 Å². The lowest BCUT2D eigenvalue weighted by atomic mass is 10.1. The van der Waals surface area contributed by atoms with E-state index in [2.05, 4.69) is 27.3 Å². The number of piperidine rings is 1. The van der Waals surface area contributed by atoms with Gasteiger partial charge in [-0.15, -0.1) is 12.4 Å². The van der Waals surface area contributed by atoms with Crippen molar-refractivity contribution in [2.24, 2.45) is 0 Å². The third-order valence-electron chi connectivity index (χ3n) is 3.33. The highest BCUT2D eigenvalue weighted by molar-refractivity contribution is 5.85. The van der Waals surface area contributed by atoms with E-state index in [9.17, 15) is 0 Å². The highest BCUT2D eigenvalue weighted by Gasteiger charge is 2.19. The van der Waals surface area contributed by atoms with Crippen molar-refractivity contribution in [3.8, 4) is 0 Å². The third kappa shape index (κ3) is 4.23. The van der Waals surface area contributed by atoms with Crippen molar-refractivity contribution >= 4 is 12.4 Å². The smallest absolute Gasteiger partial charge is 0.226 e. The molecule has 0 aromatic carbocycles. The Morgan fingerprint density at radius 3 is 2.72 bits per heavy atom. The van der Waals surface area contributed by atoms with Crippen LogP contribution in [0.5, 0.6) is 0 Å². The maximum absolute atomic E-state index is 5.19. The topological polar surface area (TPSA) is 54.2 Å². The summed E-state index contributed by atoms with van der Waals surface area (Å²) < 4.78 is 5.19. The summed E-state index contributed by atoms with van der Waals surface area (Å²) in [4.78, 5) is 6.80. The van der Waals surface area contributed by atoms with E-state index < -0.39 is 0 Å². The number of aryl methyl sites for hydroxylation is 1. The van der Waals surface area contributed by atoms with Crippen molar-refractivity contribution in [3.05, 3.63) is 11.7 Å².